The minimum absolute atomic E-state index is 0.330. The van der Waals surface area contributed by atoms with Crippen LogP contribution >= 0.6 is 0 Å². The molecule has 2 aromatic heterocycles. The first-order valence-corrected chi connectivity index (χ1v) is 16.8. The van der Waals surface area contributed by atoms with Crippen molar-refractivity contribution in [2.75, 3.05) is 0 Å². The standard InChI is InChI=1S/C45H33N5/c46-44(32-15-3-1-4-16-32)48-45(33-17-5-2-6-18-33)47-30-31-14-13-19-34(28-31)49-42-25-12-9-22-38(42)39-29-35(26-27-43(39)49)50-40-23-10-7-20-36(40)37-21-8-11-24-41(37)50/h1-30,45H,(H2,46,48)/b47-30+. The zero-order valence-corrected chi connectivity index (χ0v) is 27.2. The molecule has 0 aliphatic rings. The molecule has 5 heteroatoms. The highest BCUT2D eigenvalue weighted by atomic mass is 15.1. The molecule has 238 valence electrons. The van der Waals surface area contributed by atoms with Gasteiger partial charge in [0.15, 0.2) is 0 Å². The first-order chi connectivity index (χ1) is 24.7. The van der Waals surface area contributed by atoms with Crippen molar-refractivity contribution in [2.45, 2.75) is 6.17 Å². The topological polar surface area (TPSA) is 58.1 Å². The lowest BCUT2D eigenvalue weighted by Gasteiger charge is -2.17. The van der Waals surface area contributed by atoms with E-state index >= 15 is 0 Å². The molecule has 0 aliphatic heterocycles. The highest BCUT2D eigenvalue weighted by molar-refractivity contribution is 6.12. The summed E-state index contributed by atoms with van der Waals surface area (Å²) in [4.78, 5) is 4.98. The second-order valence-electron chi connectivity index (χ2n) is 12.5. The number of nitrogens with one attached hydrogen (secondary N) is 2. The molecule has 5 nitrogen and oxygen atoms in total. The van der Waals surface area contributed by atoms with Gasteiger partial charge in [-0.25, -0.2) is 0 Å². The van der Waals surface area contributed by atoms with E-state index in [2.05, 4.69) is 130 Å². The van der Waals surface area contributed by atoms with Crippen molar-refractivity contribution < 1.29 is 0 Å². The van der Waals surface area contributed by atoms with Crippen LogP contribution in [-0.2, 0) is 0 Å². The lowest BCUT2D eigenvalue weighted by molar-refractivity contribution is 0.685. The van der Waals surface area contributed by atoms with E-state index in [0.29, 0.717) is 5.84 Å². The van der Waals surface area contributed by atoms with E-state index in [4.69, 9.17) is 10.4 Å². The molecule has 9 rings (SSSR count). The van der Waals surface area contributed by atoms with E-state index in [1.54, 1.807) is 0 Å². The van der Waals surface area contributed by atoms with Crippen LogP contribution in [0.3, 0.4) is 0 Å². The third-order valence-electron chi connectivity index (χ3n) is 9.45. The summed E-state index contributed by atoms with van der Waals surface area (Å²) in [7, 11) is 0. The first kappa shape index (κ1) is 29.4. The molecule has 2 heterocycles. The molecule has 0 fully saturated rings. The summed E-state index contributed by atoms with van der Waals surface area (Å²) in [6.45, 7) is 0. The number of aliphatic imine (C=N–C) groups is 1. The fraction of sp³-hybridized carbons (Fsp3) is 0.0222. The molecular formula is C45H33N5. The van der Waals surface area contributed by atoms with E-state index in [0.717, 1.165) is 39.1 Å². The van der Waals surface area contributed by atoms with Crippen LogP contribution in [-0.4, -0.2) is 21.2 Å². The Balaban J connectivity index is 1.12. The number of para-hydroxylation sites is 3. The van der Waals surface area contributed by atoms with Gasteiger partial charge in [-0.3, -0.25) is 10.4 Å². The maximum Gasteiger partial charge on any atom is 0.145 e. The molecule has 1 unspecified atom stereocenters. The molecule has 1 atom stereocenters. The van der Waals surface area contributed by atoms with Gasteiger partial charge < -0.3 is 14.5 Å². The lowest BCUT2D eigenvalue weighted by Crippen LogP contribution is -2.27. The van der Waals surface area contributed by atoms with Gasteiger partial charge in [0.1, 0.15) is 12.0 Å². The van der Waals surface area contributed by atoms with Crippen molar-refractivity contribution in [3.8, 4) is 11.4 Å². The van der Waals surface area contributed by atoms with Crippen molar-refractivity contribution in [3.05, 3.63) is 193 Å². The van der Waals surface area contributed by atoms with Gasteiger partial charge in [-0.2, -0.15) is 0 Å². The number of amidine groups is 1. The molecule has 0 aliphatic carbocycles. The SMILES string of the molecule is N=C(NC(/N=C/c1cccc(-n2c3ccccc3c3cc(-n4c5ccccc5c5ccccc54)ccc32)c1)c1ccccc1)c1ccccc1. The monoisotopic (exact) mass is 643 g/mol. The van der Waals surface area contributed by atoms with Crippen LogP contribution in [0.15, 0.2) is 181 Å². The summed E-state index contributed by atoms with van der Waals surface area (Å²) in [5.74, 6) is 0.330. The van der Waals surface area contributed by atoms with Crippen LogP contribution < -0.4 is 5.32 Å². The Morgan fingerprint density at radius 1 is 0.500 bits per heavy atom. The molecule has 9 aromatic rings. The first-order valence-electron chi connectivity index (χ1n) is 16.8. The van der Waals surface area contributed by atoms with Gasteiger partial charge >= 0.3 is 0 Å². The quantitative estimate of drug-likeness (QED) is 0.132. The van der Waals surface area contributed by atoms with Crippen LogP contribution in [0.2, 0.25) is 0 Å². The summed E-state index contributed by atoms with van der Waals surface area (Å²) in [5, 5.41) is 17.0. The molecular weight excluding hydrogens is 611 g/mol. The van der Waals surface area contributed by atoms with Crippen molar-refractivity contribution in [1.82, 2.24) is 14.5 Å². The van der Waals surface area contributed by atoms with Crippen LogP contribution in [0.4, 0.5) is 0 Å². The van der Waals surface area contributed by atoms with Crippen LogP contribution in [0, 0.1) is 5.41 Å². The smallest absolute Gasteiger partial charge is 0.145 e. The van der Waals surface area contributed by atoms with E-state index in [-0.39, 0.29) is 0 Å². The second-order valence-corrected chi connectivity index (χ2v) is 12.5. The molecule has 0 saturated heterocycles. The Morgan fingerprint density at radius 3 is 1.66 bits per heavy atom. The normalized spacial score (nSPS) is 12.3. The maximum absolute atomic E-state index is 8.72. The zero-order valence-electron chi connectivity index (χ0n) is 27.2. The van der Waals surface area contributed by atoms with E-state index < -0.39 is 6.17 Å². The van der Waals surface area contributed by atoms with Crippen LogP contribution in [0.5, 0.6) is 0 Å². The molecule has 0 amide bonds. The number of benzene rings is 7. The number of aromatic nitrogens is 2. The molecule has 7 aromatic carbocycles. The van der Waals surface area contributed by atoms with E-state index in [9.17, 15) is 0 Å². The minimum Gasteiger partial charge on any atom is -0.345 e. The number of hydrogen-bond acceptors (Lipinski definition) is 2. The molecule has 0 radical (unpaired) electrons. The number of fused-ring (bicyclic) bond motifs is 6. The number of hydrogen-bond donors (Lipinski definition) is 2. The van der Waals surface area contributed by atoms with Gasteiger partial charge in [0.2, 0.25) is 0 Å². The molecule has 0 spiro atoms. The number of nitrogens with zero attached hydrogens (tertiary/aromatic N) is 3. The van der Waals surface area contributed by atoms with Gasteiger partial charge in [-0.1, -0.05) is 127 Å². The van der Waals surface area contributed by atoms with E-state index in [1.165, 1.54) is 32.6 Å². The zero-order chi connectivity index (χ0) is 33.4. The van der Waals surface area contributed by atoms with Gasteiger partial charge in [0.25, 0.3) is 0 Å². The second kappa shape index (κ2) is 12.4. The molecule has 2 N–H and O–H groups in total. The fourth-order valence-electron chi connectivity index (χ4n) is 7.15. The van der Waals surface area contributed by atoms with Crippen molar-refractivity contribution >= 4 is 55.7 Å². The summed E-state index contributed by atoms with van der Waals surface area (Å²) in [6.07, 6.45) is 1.49. The predicted octanol–water partition coefficient (Wildman–Crippen LogP) is 10.6. The predicted molar refractivity (Wildman–Crippen MR) is 208 cm³/mol. The van der Waals surface area contributed by atoms with Crippen molar-refractivity contribution in [3.63, 3.8) is 0 Å². The lowest BCUT2D eigenvalue weighted by atomic mass is 10.1. The fourth-order valence-corrected chi connectivity index (χ4v) is 7.15. The Bertz CT molecular complexity index is 2650. The summed E-state index contributed by atoms with van der Waals surface area (Å²) in [6, 6.07) is 61.0. The largest absolute Gasteiger partial charge is 0.345 e. The van der Waals surface area contributed by atoms with Gasteiger partial charge in [0, 0.05) is 44.7 Å². The Morgan fingerprint density at radius 2 is 1.02 bits per heavy atom. The van der Waals surface area contributed by atoms with Gasteiger partial charge in [-0.05, 0) is 59.7 Å². The third-order valence-corrected chi connectivity index (χ3v) is 9.45. The average molecular weight is 644 g/mol. The summed E-state index contributed by atoms with van der Waals surface area (Å²) < 4.78 is 4.72. The summed E-state index contributed by atoms with van der Waals surface area (Å²) >= 11 is 0. The van der Waals surface area contributed by atoms with Gasteiger partial charge in [0.05, 0.1) is 22.1 Å². The van der Waals surface area contributed by atoms with Crippen molar-refractivity contribution in [1.29, 1.82) is 5.41 Å². The minimum atomic E-state index is -0.417. The molecule has 50 heavy (non-hydrogen) atoms. The Hall–Kier alpha value is -6.72. The van der Waals surface area contributed by atoms with Gasteiger partial charge in [-0.15, -0.1) is 0 Å². The molecule has 0 bridgehead atoms. The number of rotatable bonds is 7. The Kier molecular flexibility index (Phi) is 7.29. The van der Waals surface area contributed by atoms with Crippen molar-refractivity contribution in [2.24, 2.45) is 4.99 Å². The van der Waals surface area contributed by atoms with Crippen LogP contribution in [0.1, 0.15) is 22.9 Å². The Labute approximate surface area is 289 Å². The highest BCUT2D eigenvalue weighted by Crippen LogP contribution is 2.36. The highest BCUT2D eigenvalue weighted by Gasteiger charge is 2.17. The average Bonchev–Trinajstić information content (AvgIpc) is 3.70. The molecule has 0 saturated carbocycles. The van der Waals surface area contributed by atoms with Crippen LogP contribution in [0.25, 0.3) is 55.0 Å². The summed E-state index contributed by atoms with van der Waals surface area (Å²) in [5.41, 5.74) is 9.67. The van der Waals surface area contributed by atoms with E-state index in [1.807, 2.05) is 66.9 Å². The third kappa shape index (κ3) is 5.13. The maximum atomic E-state index is 8.72.